The third-order valence-electron chi connectivity index (χ3n) is 3.38. The van der Waals surface area contributed by atoms with E-state index in [0.717, 1.165) is 9.71 Å². The van der Waals surface area contributed by atoms with Gasteiger partial charge in [-0.05, 0) is 29.8 Å². The Hall–Kier alpha value is -2.51. The predicted molar refractivity (Wildman–Crippen MR) is 87.3 cm³/mol. The smallest absolute Gasteiger partial charge is 0.339 e. The molecule has 7 heteroatoms. The molecule has 0 saturated carbocycles. The molecule has 0 saturated heterocycles. The molecule has 1 N–H and O–H groups in total. The van der Waals surface area contributed by atoms with E-state index in [1.165, 1.54) is 30.6 Å². The number of thiazole rings is 1. The molecule has 124 valence electrons. The molecule has 2 aromatic carbocycles. The van der Waals surface area contributed by atoms with Crippen LogP contribution in [0.25, 0.3) is 10.2 Å². The Morgan fingerprint density at radius 1 is 1.29 bits per heavy atom. The molecule has 24 heavy (non-hydrogen) atoms. The number of carbonyl (C=O) groups is 1. The highest BCUT2D eigenvalue weighted by molar-refractivity contribution is 7.18. The van der Waals surface area contributed by atoms with Crippen molar-refractivity contribution in [2.45, 2.75) is 12.7 Å². The van der Waals surface area contributed by atoms with Crippen LogP contribution in [-0.2, 0) is 16.1 Å². The summed E-state index contributed by atoms with van der Waals surface area (Å²) in [6, 6.07) is 10.9. The second-order valence-electron chi connectivity index (χ2n) is 5.00. The zero-order valence-corrected chi connectivity index (χ0v) is 13.5. The van der Waals surface area contributed by atoms with Gasteiger partial charge in [-0.2, -0.15) is 0 Å². The summed E-state index contributed by atoms with van der Waals surface area (Å²) in [5.74, 6) is -0.466. The van der Waals surface area contributed by atoms with Gasteiger partial charge in [0.15, 0.2) is 6.10 Å². The number of aliphatic hydroxyl groups excluding tert-OH is 1. The maximum Gasteiger partial charge on any atom is 0.339 e. The maximum atomic E-state index is 13.2. The number of hydrogen-bond acceptors (Lipinski definition) is 6. The highest BCUT2D eigenvalue weighted by atomic mass is 32.1. The lowest BCUT2D eigenvalue weighted by Crippen LogP contribution is -2.13. The summed E-state index contributed by atoms with van der Waals surface area (Å²) in [7, 11) is 1.22. The minimum Gasteiger partial charge on any atom is -0.486 e. The molecule has 5 nitrogen and oxygen atoms in total. The van der Waals surface area contributed by atoms with Crippen molar-refractivity contribution < 1.29 is 23.8 Å². The number of esters is 1. The quantitative estimate of drug-likeness (QED) is 0.718. The Morgan fingerprint density at radius 3 is 2.75 bits per heavy atom. The minimum atomic E-state index is -1.32. The monoisotopic (exact) mass is 347 g/mol. The summed E-state index contributed by atoms with van der Waals surface area (Å²) in [4.78, 5) is 15.6. The van der Waals surface area contributed by atoms with Gasteiger partial charge in [0, 0.05) is 6.07 Å². The Labute approximate surface area is 141 Å². The standard InChI is InChI=1S/C17H14FNO4S/c1-22-17(21)16(20)10-2-5-12(6-3-10)23-9-15-19-13-8-11(18)4-7-14(13)24-15/h2-8,16,20H,9H2,1H3. The second kappa shape index (κ2) is 6.94. The largest absolute Gasteiger partial charge is 0.486 e. The van der Waals surface area contributed by atoms with Crippen molar-refractivity contribution in [2.24, 2.45) is 0 Å². The number of nitrogens with zero attached hydrogens (tertiary/aromatic N) is 1. The van der Waals surface area contributed by atoms with Crippen LogP contribution in [0, 0.1) is 5.82 Å². The van der Waals surface area contributed by atoms with E-state index in [2.05, 4.69) is 9.72 Å². The molecular weight excluding hydrogens is 333 g/mol. The summed E-state index contributed by atoms with van der Waals surface area (Å²) in [6.07, 6.45) is -1.32. The first-order chi connectivity index (χ1) is 11.6. The van der Waals surface area contributed by atoms with Crippen LogP contribution in [0.15, 0.2) is 42.5 Å². The summed E-state index contributed by atoms with van der Waals surface area (Å²) < 4.78 is 24.2. The fourth-order valence-electron chi connectivity index (χ4n) is 2.15. The van der Waals surface area contributed by atoms with E-state index in [1.54, 1.807) is 30.3 Å². The van der Waals surface area contributed by atoms with Crippen molar-refractivity contribution in [1.29, 1.82) is 0 Å². The van der Waals surface area contributed by atoms with E-state index in [4.69, 9.17) is 4.74 Å². The number of rotatable bonds is 5. The van der Waals surface area contributed by atoms with Gasteiger partial charge in [0.05, 0.1) is 17.3 Å². The summed E-state index contributed by atoms with van der Waals surface area (Å²) in [5, 5.41) is 10.5. The predicted octanol–water partition coefficient (Wildman–Crippen LogP) is 3.22. The van der Waals surface area contributed by atoms with Gasteiger partial charge in [-0.15, -0.1) is 11.3 Å². The van der Waals surface area contributed by atoms with Crippen molar-refractivity contribution >= 4 is 27.5 Å². The molecule has 0 spiro atoms. The minimum absolute atomic E-state index is 0.250. The van der Waals surface area contributed by atoms with Gasteiger partial charge < -0.3 is 14.6 Å². The zero-order valence-electron chi connectivity index (χ0n) is 12.7. The lowest BCUT2D eigenvalue weighted by atomic mass is 10.1. The van der Waals surface area contributed by atoms with Crippen LogP contribution in [0.2, 0.25) is 0 Å². The zero-order chi connectivity index (χ0) is 17.1. The van der Waals surface area contributed by atoms with Gasteiger partial charge in [-0.25, -0.2) is 14.2 Å². The van der Waals surface area contributed by atoms with Gasteiger partial charge in [0.1, 0.15) is 23.2 Å². The van der Waals surface area contributed by atoms with Crippen LogP contribution in [0.4, 0.5) is 4.39 Å². The first kappa shape index (κ1) is 16.4. The van der Waals surface area contributed by atoms with Gasteiger partial charge in [0.25, 0.3) is 0 Å². The Balaban J connectivity index is 1.66. The summed E-state index contributed by atoms with van der Waals surface area (Å²) >= 11 is 1.44. The molecule has 1 heterocycles. The van der Waals surface area contributed by atoms with Crippen molar-refractivity contribution in [2.75, 3.05) is 7.11 Å². The second-order valence-corrected chi connectivity index (χ2v) is 6.12. The van der Waals surface area contributed by atoms with Crippen LogP contribution in [0.1, 0.15) is 16.7 Å². The van der Waals surface area contributed by atoms with E-state index in [-0.39, 0.29) is 12.4 Å². The van der Waals surface area contributed by atoms with Gasteiger partial charge >= 0.3 is 5.97 Å². The van der Waals surface area contributed by atoms with E-state index in [0.29, 0.717) is 16.8 Å². The molecule has 0 fully saturated rings. The number of fused-ring (bicyclic) bond motifs is 1. The first-order valence-electron chi connectivity index (χ1n) is 7.10. The molecule has 1 aromatic heterocycles. The third-order valence-corrected chi connectivity index (χ3v) is 4.39. The number of aliphatic hydroxyl groups is 1. The lowest BCUT2D eigenvalue weighted by Gasteiger charge is -2.09. The van der Waals surface area contributed by atoms with Gasteiger partial charge in [-0.1, -0.05) is 12.1 Å². The average molecular weight is 347 g/mol. The molecule has 1 unspecified atom stereocenters. The SMILES string of the molecule is COC(=O)C(O)c1ccc(OCc2nc3cc(F)ccc3s2)cc1. The topological polar surface area (TPSA) is 68.7 Å². The Kier molecular flexibility index (Phi) is 4.73. The van der Waals surface area contributed by atoms with E-state index < -0.39 is 12.1 Å². The maximum absolute atomic E-state index is 13.2. The fourth-order valence-corrected chi connectivity index (χ4v) is 3.01. The highest BCUT2D eigenvalue weighted by Gasteiger charge is 2.17. The molecule has 0 amide bonds. The van der Waals surface area contributed by atoms with Crippen LogP contribution >= 0.6 is 11.3 Å². The molecule has 0 radical (unpaired) electrons. The first-order valence-corrected chi connectivity index (χ1v) is 7.92. The van der Waals surface area contributed by atoms with E-state index in [1.807, 2.05) is 0 Å². The van der Waals surface area contributed by atoms with E-state index in [9.17, 15) is 14.3 Å². The molecule has 0 aliphatic heterocycles. The number of hydrogen-bond donors (Lipinski definition) is 1. The van der Waals surface area contributed by atoms with Crippen LogP contribution < -0.4 is 4.74 Å². The fraction of sp³-hybridized carbons (Fsp3) is 0.176. The number of methoxy groups -OCH3 is 1. The van der Waals surface area contributed by atoms with E-state index >= 15 is 0 Å². The number of carbonyl (C=O) groups excluding carboxylic acids is 1. The highest BCUT2D eigenvalue weighted by Crippen LogP contribution is 2.24. The van der Waals surface area contributed by atoms with Crippen LogP contribution in [0.3, 0.4) is 0 Å². The normalized spacial score (nSPS) is 12.1. The third kappa shape index (κ3) is 3.52. The molecule has 0 bridgehead atoms. The number of aromatic nitrogens is 1. The number of halogens is 1. The number of benzene rings is 2. The van der Waals surface area contributed by atoms with Crippen molar-refractivity contribution in [3.63, 3.8) is 0 Å². The van der Waals surface area contributed by atoms with Crippen molar-refractivity contribution in [3.05, 3.63) is 58.9 Å². The summed E-state index contributed by atoms with van der Waals surface area (Å²) in [6.45, 7) is 0.250. The van der Waals surface area contributed by atoms with Crippen LogP contribution in [-0.4, -0.2) is 23.2 Å². The molecule has 1 atom stereocenters. The average Bonchev–Trinajstić information content (AvgIpc) is 3.01. The summed E-state index contributed by atoms with van der Waals surface area (Å²) in [5.41, 5.74) is 1.03. The molecule has 3 rings (SSSR count). The molecule has 0 aliphatic rings. The number of ether oxygens (including phenoxy) is 2. The Morgan fingerprint density at radius 2 is 2.04 bits per heavy atom. The van der Waals surface area contributed by atoms with Crippen molar-refractivity contribution in [3.8, 4) is 5.75 Å². The molecular formula is C17H14FNO4S. The molecule has 3 aromatic rings. The Bertz CT molecular complexity index is 863. The van der Waals surface area contributed by atoms with Crippen LogP contribution in [0.5, 0.6) is 5.75 Å². The van der Waals surface area contributed by atoms with Gasteiger partial charge in [-0.3, -0.25) is 0 Å². The van der Waals surface area contributed by atoms with Gasteiger partial charge in [0.2, 0.25) is 0 Å². The van der Waals surface area contributed by atoms with Crippen molar-refractivity contribution in [1.82, 2.24) is 4.98 Å². The lowest BCUT2D eigenvalue weighted by molar-refractivity contribution is -0.150. The molecule has 0 aliphatic carbocycles.